The maximum Gasteiger partial charge on any atom is 0.605 e. The van der Waals surface area contributed by atoms with Gasteiger partial charge in [0.25, 0.3) is 0 Å². The molecule has 1 unspecified atom stereocenters. The average molecular weight is 271 g/mol. The topological polar surface area (TPSA) is 46.4 Å². The van der Waals surface area contributed by atoms with Crippen LogP contribution in [0, 0.1) is 0 Å². The minimum atomic E-state index is -0.604. The van der Waals surface area contributed by atoms with Gasteiger partial charge in [0.15, 0.2) is 6.54 Å². The predicted octanol–water partition coefficient (Wildman–Crippen LogP) is 1.40. The molecule has 2 rings (SSSR count). The fraction of sp³-hybridized carbons (Fsp3) is 0.300. The lowest BCUT2D eigenvalue weighted by molar-refractivity contribution is -0.440. The highest BCUT2D eigenvalue weighted by atomic mass is 79.9. The number of halogens is 1. The highest BCUT2D eigenvalue weighted by molar-refractivity contribution is 9.09. The number of fused-ring (bicyclic) bond motifs is 1. The van der Waals surface area contributed by atoms with Crippen LogP contribution < -0.4 is 0 Å². The maximum atomic E-state index is 11.4. The van der Waals surface area contributed by atoms with Crippen molar-refractivity contribution < 1.29 is 18.9 Å². The molecule has 0 saturated carbocycles. The molecule has 1 heterocycles. The number of carbonyl (C=O) groups is 2. The van der Waals surface area contributed by atoms with Crippen LogP contribution in [0.25, 0.3) is 0 Å². The molecule has 0 radical (unpaired) electrons. The first-order valence-corrected chi connectivity index (χ1v) is 5.50. The Bertz CT molecular complexity index is 434. The number of hydrogen-bond donors (Lipinski definition) is 0. The standard InChI is InChI=1S/C10H9BrNO3/c1-2-12-8-4-3-6(11)5-7(8)9(13)15-10(12)14/h3-6H,2H2,1H3/q+1. The van der Waals surface area contributed by atoms with E-state index < -0.39 is 12.1 Å². The number of amides is 1. The van der Waals surface area contributed by atoms with E-state index in [0.717, 1.165) is 0 Å². The van der Waals surface area contributed by atoms with Crippen molar-refractivity contribution >= 4 is 33.7 Å². The number of rotatable bonds is 1. The molecule has 78 valence electrons. The smallest absolute Gasteiger partial charge is 0.333 e. The molecule has 5 heteroatoms. The summed E-state index contributed by atoms with van der Waals surface area (Å²) in [5, 5.41) is 0. The molecule has 1 aliphatic heterocycles. The van der Waals surface area contributed by atoms with Gasteiger partial charge in [-0.05, 0) is 13.0 Å². The zero-order chi connectivity index (χ0) is 11.0. The number of hydrogen-bond acceptors (Lipinski definition) is 3. The van der Waals surface area contributed by atoms with Crippen LogP contribution in [-0.4, -0.2) is 33.7 Å². The normalized spacial score (nSPS) is 24.9. The van der Waals surface area contributed by atoms with Crippen molar-refractivity contribution in [2.45, 2.75) is 11.8 Å². The number of allylic oxidation sites excluding steroid dienone is 3. The van der Waals surface area contributed by atoms with E-state index in [0.29, 0.717) is 17.8 Å². The van der Waals surface area contributed by atoms with E-state index in [4.69, 9.17) is 0 Å². The van der Waals surface area contributed by atoms with Gasteiger partial charge in [0, 0.05) is 6.08 Å². The SMILES string of the molecule is CC[N+]1=C2C=CC(Br)C=C2C(=O)OC1=O. The lowest BCUT2D eigenvalue weighted by atomic mass is 10.0. The largest absolute Gasteiger partial charge is 0.605 e. The fourth-order valence-electron chi connectivity index (χ4n) is 1.57. The van der Waals surface area contributed by atoms with Crippen LogP contribution in [0.3, 0.4) is 0 Å². The maximum absolute atomic E-state index is 11.4. The number of alkyl halides is 1. The van der Waals surface area contributed by atoms with Crippen molar-refractivity contribution in [3.05, 3.63) is 23.8 Å². The zero-order valence-electron chi connectivity index (χ0n) is 8.07. The minimum absolute atomic E-state index is 0.00991. The van der Waals surface area contributed by atoms with Crippen molar-refractivity contribution in [1.29, 1.82) is 0 Å². The summed E-state index contributed by atoms with van der Waals surface area (Å²) in [6.07, 6.45) is 4.75. The Morgan fingerprint density at radius 2 is 2.27 bits per heavy atom. The minimum Gasteiger partial charge on any atom is -0.333 e. The Labute approximate surface area is 95.0 Å². The molecule has 2 aliphatic rings. The number of carbonyl (C=O) groups excluding carboxylic acids is 2. The number of esters is 1. The molecule has 0 N–H and O–H groups in total. The van der Waals surface area contributed by atoms with Crippen LogP contribution in [0.5, 0.6) is 0 Å². The van der Waals surface area contributed by atoms with E-state index in [1.54, 1.807) is 12.2 Å². The molecule has 0 saturated heterocycles. The Morgan fingerprint density at radius 3 is 2.93 bits per heavy atom. The van der Waals surface area contributed by atoms with Gasteiger partial charge in [-0.3, -0.25) is 0 Å². The van der Waals surface area contributed by atoms with Gasteiger partial charge in [0.1, 0.15) is 5.57 Å². The fourth-order valence-corrected chi connectivity index (χ4v) is 1.99. The number of nitrogens with zero attached hydrogens (tertiary/aromatic N) is 1. The molecular weight excluding hydrogens is 262 g/mol. The molecule has 1 amide bonds. The first-order valence-electron chi connectivity index (χ1n) is 4.58. The third-order valence-electron chi connectivity index (χ3n) is 2.27. The first-order chi connectivity index (χ1) is 7.13. The molecule has 0 fully saturated rings. The summed E-state index contributed by atoms with van der Waals surface area (Å²) in [5.74, 6) is -0.575. The monoisotopic (exact) mass is 270 g/mol. The van der Waals surface area contributed by atoms with Crippen LogP contribution in [-0.2, 0) is 9.53 Å². The molecule has 0 spiro atoms. The van der Waals surface area contributed by atoms with E-state index >= 15 is 0 Å². The summed E-state index contributed by atoms with van der Waals surface area (Å²) in [4.78, 5) is 22.8. The second-order valence-corrected chi connectivity index (χ2v) is 4.23. The van der Waals surface area contributed by atoms with Gasteiger partial charge in [0.2, 0.25) is 5.71 Å². The Kier molecular flexibility index (Phi) is 2.56. The molecule has 4 nitrogen and oxygen atoms in total. The van der Waals surface area contributed by atoms with Crippen molar-refractivity contribution in [3.63, 3.8) is 0 Å². The lowest BCUT2D eigenvalue weighted by Crippen LogP contribution is -2.39. The predicted molar refractivity (Wildman–Crippen MR) is 57.2 cm³/mol. The van der Waals surface area contributed by atoms with Gasteiger partial charge >= 0.3 is 12.1 Å². The quantitative estimate of drug-likeness (QED) is 0.313. The molecule has 1 atom stereocenters. The molecule has 15 heavy (non-hydrogen) atoms. The van der Waals surface area contributed by atoms with E-state index in [1.807, 2.05) is 13.0 Å². The number of ether oxygens (including phenoxy) is 1. The van der Waals surface area contributed by atoms with Crippen molar-refractivity contribution in [2.24, 2.45) is 0 Å². The van der Waals surface area contributed by atoms with Crippen LogP contribution in [0.15, 0.2) is 23.8 Å². The second-order valence-electron chi connectivity index (χ2n) is 3.17. The Hall–Kier alpha value is -1.23. The zero-order valence-corrected chi connectivity index (χ0v) is 9.65. The van der Waals surface area contributed by atoms with Gasteiger partial charge in [-0.1, -0.05) is 22.0 Å². The lowest BCUT2D eigenvalue weighted by Gasteiger charge is -2.15. The van der Waals surface area contributed by atoms with Crippen molar-refractivity contribution in [1.82, 2.24) is 0 Å². The van der Waals surface area contributed by atoms with Crippen LogP contribution in [0.2, 0.25) is 0 Å². The summed E-state index contributed by atoms with van der Waals surface area (Å²) in [6, 6.07) is 0. The van der Waals surface area contributed by atoms with Gasteiger partial charge < -0.3 is 4.74 Å². The highest BCUT2D eigenvalue weighted by Gasteiger charge is 2.39. The Balaban J connectivity index is 2.57. The Morgan fingerprint density at radius 1 is 1.53 bits per heavy atom. The molecular formula is C10H9BrNO3+. The highest BCUT2D eigenvalue weighted by Crippen LogP contribution is 2.19. The van der Waals surface area contributed by atoms with Gasteiger partial charge in [-0.2, -0.15) is 4.79 Å². The van der Waals surface area contributed by atoms with Crippen LogP contribution in [0.1, 0.15) is 6.92 Å². The van der Waals surface area contributed by atoms with E-state index in [9.17, 15) is 9.59 Å². The van der Waals surface area contributed by atoms with Crippen LogP contribution in [0.4, 0.5) is 4.79 Å². The third-order valence-corrected chi connectivity index (χ3v) is 2.84. The third kappa shape index (κ3) is 1.67. The number of cyclic esters (lactones) is 2. The molecule has 0 bridgehead atoms. The van der Waals surface area contributed by atoms with Gasteiger partial charge in [-0.15, -0.1) is 4.58 Å². The summed E-state index contributed by atoms with van der Waals surface area (Å²) >= 11 is 3.35. The van der Waals surface area contributed by atoms with Gasteiger partial charge in [-0.25, -0.2) is 4.79 Å². The molecule has 0 aromatic heterocycles. The van der Waals surface area contributed by atoms with E-state index in [1.165, 1.54) is 4.58 Å². The molecule has 0 aromatic carbocycles. The second kappa shape index (κ2) is 3.73. The van der Waals surface area contributed by atoms with Crippen molar-refractivity contribution in [3.8, 4) is 0 Å². The summed E-state index contributed by atoms with van der Waals surface area (Å²) in [6.45, 7) is 2.31. The summed E-state index contributed by atoms with van der Waals surface area (Å²) in [5.41, 5.74) is 1.07. The van der Waals surface area contributed by atoms with Crippen molar-refractivity contribution in [2.75, 3.05) is 6.54 Å². The van der Waals surface area contributed by atoms with Gasteiger partial charge in [0.05, 0.1) is 4.83 Å². The molecule has 0 aromatic rings. The van der Waals surface area contributed by atoms with E-state index in [-0.39, 0.29) is 4.83 Å². The molecule has 1 aliphatic carbocycles. The first kappa shape index (κ1) is 10.3. The van der Waals surface area contributed by atoms with Crippen LogP contribution >= 0.6 is 15.9 Å². The van der Waals surface area contributed by atoms with E-state index in [2.05, 4.69) is 20.7 Å². The summed E-state index contributed by atoms with van der Waals surface area (Å²) in [7, 11) is 0. The summed E-state index contributed by atoms with van der Waals surface area (Å²) < 4.78 is 6.04. The average Bonchev–Trinajstić information content (AvgIpc) is 2.19.